The van der Waals surface area contributed by atoms with Gasteiger partial charge >= 0.3 is 5.97 Å². The van der Waals surface area contributed by atoms with Gasteiger partial charge in [0, 0.05) is 23.0 Å². The topological polar surface area (TPSA) is 51.5 Å². The Hall–Kier alpha value is -4.36. The van der Waals surface area contributed by atoms with Crippen molar-refractivity contribution in [2.24, 2.45) is 4.74 Å². The third-order valence-electron chi connectivity index (χ3n) is 6.56. The maximum absolute atomic E-state index is 13.5. The van der Waals surface area contributed by atoms with Crippen LogP contribution in [-0.4, -0.2) is 17.6 Å². The number of ether oxygens (including phenoxy) is 1. The van der Waals surface area contributed by atoms with Gasteiger partial charge in [0.15, 0.2) is 0 Å². The van der Waals surface area contributed by atoms with Crippen LogP contribution in [0.25, 0.3) is 6.08 Å². The van der Waals surface area contributed by atoms with Gasteiger partial charge in [-0.05, 0) is 60.9 Å². The number of nitrogens with zero attached hydrogens (tertiary/aromatic N) is 2. The van der Waals surface area contributed by atoms with Gasteiger partial charge in [-0.3, -0.25) is 4.98 Å². The quantitative estimate of drug-likeness (QED) is 0.0971. The molecule has 0 atom stereocenters. The van der Waals surface area contributed by atoms with E-state index in [-0.39, 0.29) is 12.3 Å². The normalized spacial score (nSPS) is 11.9. The fourth-order valence-corrected chi connectivity index (χ4v) is 10.2. The van der Waals surface area contributed by atoms with Crippen molar-refractivity contribution in [1.29, 1.82) is 0 Å². The molecule has 0 N–H and O–H groups in total. The molecule has 5 aromatic rings. The summed E-state index contributed by atoms with van der Waals surface area (Å²) in [6.45, 7) is 2.07. The number of pyridine rings is 1. The van der Waals surface area contributed by atoms with Gasteiger partial charge in [-0.1, -0.05) is 121 Å². The summed E-state index contributed by atoms with van der Waals surface area (Å²) in [5, 5.41) is 4.58. The molecule has 0 saturated carbocycles. The molecule has 208 valence electrons. The molecule has 0 amide bonds. The molecule has 0 aliphatic carbocycles. The monoisotopic (exact) mass is 586 g/mol. The maximum Gasteiger partial charge on any atom is 0.356 e. The minimum atomic E-state index is -2.69. The zero-order valence-corrected chi connectivity index (χ0v) is 25.2. The molecule has 0 saturated heterocycles. The summed E-state index contributed by atoms with van der Waals surface area (Å²) >= 11 is 0. The summed E-state index contributed by atoms with van der Waals surface area (Å²) in [6.07, 6.45) is 5.21. The Kier molecular flexibility index (Phi) is 10.1. The van der Waals surface area contributed by atoms with Crippen LogP contribution in [0.2, 0.25) is 0 Å². The second kappa shape index (κ2) is 14.5. The standard InChI is InChI=1S/C36H32N2O2P2/c1-2-40-36(39)35(29-30-23-25-37-26-24-30)38-42(33-19-11-5-12-20-33,34-21-13-6-14-22-34)28-27-41(31-15-7-3-8-16-31)32-17-9-4-10-18-32/h3-29H,2H2,1H3/b28-27?,35-29+. The molecule has 42 heavy (non-hydrogen) atoms. The van der Waals surface area contributed by atoms with E-state index < -0.39 is 20.9 Å². The second-order valence-corrected chi connectivity index (χ2v) is 14.3. The fraction of sp³-hybridized carbons (Fsp3) is 0.0556. The molecule has 1 aromatic heterocycles. The third-order valence-corrected chi connectivity index (χ3v) is 12.2. The Morgan fingerprint density at radius 3 is 1.69 bits per heavy atom. The van der Waals surface area contributed by atoms with Gasteiger partial charge in [0.05, 0.1) is 13.7 Å². The first-order chi connectivity index (χ1) is 20.7. The highest BCUT2D eigenvalue weighted by molar-refractivity contribution is 7.84. The number of benzene rings is 4. The van der Waals surface area contributed by atoms with Crippen LogP contribution in [0, 0.1) is 0 Å². The summed E-state index contributed by atoms with van der Waals surface area (Å²) in [4.78, 5) is 17.6. The van der Waals surface area contributed by atoms with E-state index in [0.717, 1.165) is 16.2 Å². The predicted octanol–water partition coefficient (Wildman–Crippen LogP) is 7.44. The molecule has 5 rings (SSSR count). The highest BCUT2D eigenvalue weighted by Gasteiger charge is 2.26. The zero-order chi connectivity index (χ0) is 29.0. The first kappa shape index (κ1) is 29.1. The average molecular weight is 587 g/mol. The van der Waals surface area contributed by atoms with Crippen LogP contribution >= 0.6 is 15.0 Å². The average Bonchev–Trinajstić information content (AvgIpc) is 3.06. The van der Waals surface area contributed by atoms with Crippen LogP contribution in [0.4, 0.5) is 0 Å². The van der Waals surface area contributed by atoms with Crippen molar-refractivity contribution >= 4 is 48.2 Å². The first-order valence-corrected chi connectivity index (χ1v) is 17.0. The van der Waals surface area contributed by atoms with E-state index in [9.17, 15) is 4.79 Å². The molecule has 4 nitrogen and oxygen atoms in total. The predicted molar refractivity (Wildman–Crippen MR) is 179 cm³/mol. The number of esters is 1. The summed E-state index contributed by atoms with van der Waals surface area (Å²) in [6, 6.07) is 45.4. The first-order valence-electron chi connectivity index (χ1n) is 13.8. The van der Waals surface area contributed by atoms with Crippen molar-refractivity contribution in [2.75, 3.05) is 6.61 Å². The number of rotatable bonds is 10. The molecule has 0 aliphatic rings. The van der Waals surface area contributed by atoms with Crippen molar-refractivity contribution in [3.63, 3.8) is 0 Å². The van der Waals surface area contributed by atoms with Gasteiger partial charge in [-0.2, -0.15) is 0 Å². The number of carbonyl (C=O) groups excluding carboxylic acids is 1. The van der Waals surface area contributed by atoms with Crippen LogP contribution in [0.5, 0.6) is 0 Å². The Morgan fingerprint density at radius 1 is 0.738 bits per heavy atom. The van der Waals surface area contributed by atoms with Crippen molar-refractivity contribution in [3.05, 3.63) is 169 Å². The summed E-state index contributed by atoms with van der Waals surface area (Å²) in [5.74, 6) is 4.13. The minimum Gasteiger partial charge on any atom is -0.461 e. The lowest BCUT2D eigenvalue weighted by Crippen LogP contribution is -2.17. The molecule has 4 aromatic carbocycles. The number of hydrogen-bond acceptors (Lipinski definition) is 4. The van der Waals surface area contributed by atoms with Crippen molar-refractivity contribution in [2.45, 2.75) is 6.92 Å². The summed E-state index contributed by atoms with van der Waals surface area (Å²) in [7, 11) is -3.54. The largest absolute Gasteiger partial charge is 0.461 e. The van der Waals surface area contributed by atoms with Gasteiger partial charge in [0.2, 0.25) is 0 Å². The van der Waals surface area contributed by atoms with E-state index in [1.54, 1.807) is 18.5 Å². The SMILES string of the molecule is CCOC(=O)/C(=C\c1ccncc1)N=P(C=CP(c1ccccc1)c1ccccc1)(c1ccccc1)c1ccccc1. The third kappa shape index (κ3) is 7.09. The lowest BCUT2D eigenvalue weighted by molar-refractivity contribution is -0.138. The van der Waals surface area contributed by atoms with Crippen LogP contribution in [-0.2, 0) is 9.53 Å². The molecule has 0 unspecified atom stereocenters. The summed E-state index contributed by atoms with van der Waals surface area (Å²) < 4.78 is 11.0. The maximum atomic E-state index is 13.5. The fourth-order valence-electron chi connectivity index (χ4n) is 4.56. The molecule has 0 spiro atoms. The molecule has 6 heteroatoms. The number of aromatic nitrogens is 1. The van der Waals surface area contributed by atoms with Gasteiger partial charge in [0.25, 0.3) is 0 Å². The highest BCUT2D eigenvalue weighted by atomic mass is 31.2. The van der Waals surface area contributed by atoms with E-state index in [1.165, 1.54) is 10.6 Å². The van der Waals surface area contributed by atoms with Crippen molar-refractivity contribution < 1.29 is 9.53 Å². The smallest absolute Gasteiger partial charge is 0.356 e. The Morgan fingerprint density at radius 2 is 1.21 bits per heavy atom. The highest BCUT2D eigenvalue weighted by Crippen LogP contribution is 2.53. The van der Waals surface area contributed by atoms with Crippen molar-refractivity contribution in [1.82, 2.24) is 4.98 Å². The Bertz CT molecular complexity index is 1610. The van der Waals surface area contributed by atoms with Gasteiger partial charge in [-0.15, -0.1) is 0 Å². The van der Waals surface area contributed by atoms with E-state index in [0.29, 0.717) is 0 Å². The second-order valence-electron chi connectivity index (χ2n) is 9.33. The lowest BCUT2D eigenvalue weighted by Gasteiger charge is -2.24. The van der Waals surface area contributed by atoms with Gasteiger partial charge in [-0.25, -0.2) is 9.54 Å². The van der Waals surface area contributed by atoms with Crippen LogP contribution < -0.4 is 21.2 Å². The minimum absolute atomic E-state index is 0.257. The number of hydrogen-bond donors (Lipinski definition) is 0. The molecular formula is C36H32N2O2P2. The van der Waals surface area contributed by atoms with Crippen LogP contribution in [0.3, 0.4) is 0 Å². The molecule has 0 bridgehead atoms. The Labute approximate surface area is 249 Å². The van der Waals surface area contributed by atoms with E-state index in [1.807, 2.05) is 67.6 Å². The van der Waals surface area contributed by atoms with Crippen LogP contribution in [0.1, 0.15) is 12.5 Å². The van der Waals surface area contributed by atoms with E-state index in [4.69, 9.17) is 9.48 Å². The lowest BCUT2D eigenvalue weighted by atomic mass is 10.2. The van der Waals surface area contributed by atoms with Crippen molar-refractivity contribution in [3.8, 4) is 0 Å². The number of carbonyl (C=O) groups is 1. The Balaban J connectivity index is 1.81. The molecule has 1 heterocycles. The molecule has 0 fully saturated rings. The van der Waals surface area contributed by atoms with Crippen LogP contribution in [0.15, 0.2) is 168 Å². The van der Waals surface area contributed by atoms with E-state index in [2.05, 4.69) is 89.4 Å². The molecular weight excluding hydrogens is 554 g/mol. The molecule has 0 aliphatic heterocycles. The van der Waals surface area contributed by atoms with E-state index >= 15 is 0 Å². The van der Waals surface area contributed by atoms with Gasteiger partial charge < -0.3 is 4.74 Å². The van der Waals surface area contributed by atoms with Gasteiger partial charge in [0.1, 0.15) is 5.70 Å². The zero-order valence-electron chi connectivity index (χ0n) is 23.4. The summed E-state index contributed by atoms with van der Waals surface area (Å²) in [5.41, 5.74) is 1.10. The molecule has 0 radical (unpaired) electrons.